The van der Waals surface area contributed by atoms with Crippen LogP contribution in [-0.4, -0.2) is 75.9 Å². The molecule has 0 aromatic heterocycles. The van der Waals surface area contributed by atoms with Crippen LogP contribution in [0.1, 0.15) is 25.7 Å². The maximum atomic E-state index is 13.1. The molecule has 1 atom stereocenters. The third kappa shape index (κ3) is 9.28. The first kappa shape index (κ1) is 32.0. The second-order valence-corrected chi connectivity index (χ2v) is 9.82. The largest absolute Gasteiger partial charge is 0.412 e. The lowest BCUT2D eigenvalue weighted by molar-refractivity contribution is -1.07. The molecule has 0 rings (SSSR count). The van der Waals surface area contributed by atoms with E-state index < -0.39 is 82.1 Å². The monoisotopic (exact) mass is 539 g/mol. The molecule has 0 aromatic rings. The average Bonchev–Trinajstić information content (AvgIpc) is 2.47. The summed E-state index contributed by atoms with van der Waals surface area (Å²) in [6, 6.07) is 0. The van der Waals surface area contributed by atoms with Gasteiger partial charge in [-0.25, -0.2) is 18.3 Å². The quantitative estimate of drug-likeness (QED) is 0.172. The van der Waals surface area contributed by atoms with Crippen LogP contribution in [0.25, 0.3) is 0 Å². The molecule has 0 aliphatic heterocycles. The van der Waals surface area contributed by atoms with E-state index in [0.717, 1.165) is 0 Å². The maximum absolute atomic E-state index is 13.1. The molecule has 0 heterocycles. The third-order valence-corrected chi connectivity index (χ3v) is 6.13. The Morgan fingerprint density at radius 3 is 1.58 bits per heavy atom. The summed E-state index contributed by atoms with van der Waals surface area (Å²) in [5, 5.41) is 9.39. The van der Waals surface area contributed by atoms with Crippen molar-refractivity contribution in [1.29, 1.82) is 0 Å². The molecule has 200 valence electrons. The molecule has 18 heteroatoms. The van der Waals surface area contributed by atoms with Gasteiger partial charge in [0.15, 0.2) is 0 Å². The van der Waals surface area contributed by atoms with Gasteiger partial charge in [0, 0.05) is 0 Å². The Kier molecular flexibility index (Phi) is 10.00. The number of sulfonamides is 1. The predicted molar refractivity (Wildman–Crippen MR) is 89.2 cm³/mol. The zero-order chi connectivity index (χ0) is 26.7. The van der Waals surface area contributed by atoms with Crippen molar-refractivity contribution in [2.75, 3.05) is 32.9 Å². The summed E-state index contributed by atoms with van der Waals surface area (Å²) < 4.78 is 181. The standard InChI is InChI=1S/C15H23F12N2O3S/c1-29(2,30)7-6-28-33(31,32)8-4-3-5-10(12(16,17)18)9-11(13(19,20)21,14(22,23)24)15(25,26)27/h10,28,30H,3-9H2,1-2H3/q+1. The highest BCUT2D eigenvalue weighted by Gasteiger charge is 2.84. The van der Waals surface area contributed by atoms with Gasteiger partial charge in [0.2, 0.25) is 10.0 Å². The van der Waals surface area contributed by atoms with E-state index in [9.17, 15) is 66.3 Å². The number of likely N-dealkylation sites (N-methyl/N-ethyl adjacent to an activating group) is 1. The molecule has 0 aliphatic carbocycles. The Hall–Kier alpha value is -1.01. The van der Waals surface area contributed by atoms with Crippen LogP contribution >= 0.6 is 0 Å². The Labute approximate surface area is 181 Å². The van der Waals surface area contributed by atoms with E-state index in [-0.39, 0.29) is 13.1 Å². The molecule has 0 aliphatic rings. The lowest BCUT2D eigenvalue weighted by Crippen LogP contribution is -2.61. The number of hydrogen-bond acceptors (Lipinski definition) is 3. The van der Waals surface area contributed by atoms with Crippen LogP contribution in [0, 0.1) is 11.3 Å². The van der Waals surface area contributed by atoms with E-state index in [1.165, 1.54) is 14.1 Å². The smallest absolute Gasteiger partial charge is 0.217 e. The van der Waals surface area contributed by atoms with Gasteiger partial charge in [0.1, 0.15) is 6.54 Å². The Bertz CT molecular complexity index is 685. The van der Waals surface area contributed by atoms with Crippen LogP contribution in [0.5, 0.6) is 0 Å². The van der Waals surface area contributed by atoms with Crippen molar-refractivity contribution >= 4 is 10.0 Å². The first-order chi connectivity index (χ1) is 14.3. The molecular weight excluding hydrogens is 516 g/mol. The number of hydrogen-bond donors (Lipinski definition) is 2. The van der Waals surface area contributed by atoms with Crippen LogP contribution < -0.4 is 4.72 Å². The lowest BCUT2D eigenvalue weighted by Gasteiger charge is -2.40. The predicted octanol–water partition coefficient (Wildman–Crippen LogP) is 4.78. The first-order valence-corrected chi connectivity index (χ1v) is 10.7. The Morgan fingerprint density at radius 2 is 1.24 bits per heavy atom. The number of unbranched alkanes of at least 4 members (excludes halogenated alkanes) is 1. The second-order valence-electron chi connectivity index (χ2n) is 7.89. The molecule has 33 heavy (non-hydrogen) atoms. The molecule has 0 fully saturated rings. The fourth-order valence-electron chi connectivity index (χ4n) is 2.81. The topological polar surface area (TPSA) is 66.4 Å². The van der Waals surface area contributed by atoms with E-state index in [1.807, 2.05) is 4.72 Å². The average molecular weight is 539 g/mol. The fourth-order valence-corrected chi connectivity index (χ4v) is 3.94. The number of quaternary nitrogens is 1. The molecule has 0 aromatic carbocycles. The molecule has 0 bridgehead atoms. The number of alkyl halides is 12. The zero-order valence-electron chi connectivity index (χ0n) is 17.2. The van der Waals surface area contributed by atoms with E-state index in [4.69, 9.17) is 0 Å². The molecule has 5 nitrogen and oxygen atoms in total. The first-order valence-electron chi connectivity index (χ1n) is 9.07. The molecule has 0 saturated heterocycles. The maximum Gasteiger partial charge on any atom is 0.412 e. The van der Waals surface area contributed by atoms with Crippen molar-refractivity contribution in [3.05, 3.63) is 0 Å². The molecule has 0 radical (unpaired) electrons. The number of halogens is 12. The van der Waals surface area contributed by atoms with Crippen molar-refractivity contribution in [2.24, 2.45) is 11.3 Å². The van der Waals surface area contributed by atoms with Gasteiger partial charge in [0.25, 0.3) is 5.41 Å². The molecule has 2 N–H and O–H groups in total. The fraction of sp³-hybridized carbons (Fsp3) is 1.00. The van der Waals surface area contributed by atoms with Gasteiger partial charge >= 0.3 is 24.7 Å². The zero-order valence-corrected chi connectivity index (χ0v) is 18.0. The number of nitrogens with zero attached hydrogens (tertiary/aromatic N) is 1. The van der Waals surface area contributed by atoms with Gasteiger partial charge in [0.05, 0.1) is 32.3 Å². The molecule has 1 unspecified atom stereocenters. The lowest BCUT2D eigenvalue weighted by atomic mass is 9.75. The van der Waals surface area contributed by atoms with Gasteiger partial charge in [-0.2, -0.15) is 57.3 Å². The number of rotatable bonds is 11. The Morgan fingerprint density at radius 1 is 0.818 bits per heavy atom. The highest BCUT2D eigenvalue weighted by molar-refractivity contribution is 7.89. The van der Waals surface area contributed by atoms with Crippen LogP contribution in [0.15, 0.2) is 0 Å². The summed E-state index contributed by atoms with van der Waals surface area (Å²) in [6.07, 6.45) is -33.8. The van der Waals surface area contributed by atoms with E-state index in [0.29, 0.717) is 0 Å². The minimum Gasteiger partial charge on any atom is -0.217 e. The van der Waals surface area contributed by atoms with Crippen LogP contribution in [0.3, 0.4) is 0 Å². The summed E-state index contributed by atoms with van der Waals surface area (Å²) in [5.41, 5.74) is -6.61. The van der Waals surface area contributed by atoms with E-state index >= 15 is 0 Å². The molecule has 0 saturated carbocycles. The summed E-state index contributed by atoms with van der Waals surface area (Å²) in [4.78, 5) is 0. The van der Waals surface area contributed by atoms with Crippen molar-refractivity contribution in [3.8, 4) is 0 Å². The van der Waals surface area contributed by atoms with Crippen LogP contribution in [0.2, 0.25) is 0 Å². The summed E-state index contributed by atoms with van der Waals surface area (Å²) in [6.45, 7) is -0.425. The highest BCUT2D eigenvalue weighted by Crippen LogP contribution is 2.63. The van der Waals surface area contributed by atoms with Gasteiger partial charge in [-0.3, -0.25) is 0 Å². The van der Waals surface area contributed by atoms with Crippen LogP contribution in [-0.2, 0) is 10.0 Å². The van der Waals surface area contributed by atoms with Gasteiger partial charge < -0.3 is 0 Å². The minimum absolute atomic E-state index is 0.121. The second kappa shape index (κ2) is 10.3. The van der Waals surface area contributed by atoms with Crippen molar-refractivity contribution in [1.82, 2.24) is 4.72 Å². The Balaban J connectivity index is 5.49. The summed E-state index contributed by atoms with van der Waals surface area (Å²) in [7, 11) is -1.56. The van der Waals surface area contributed by atoms with Gasteiger partial charge in [-0.1, -0.05) is 6.42 Å². The van der Waals surface area contributed by atoms with E-state index in [1.54, 1.807) is 0 Å². The van der Waals surface area contributed by atoms with Crippen molar-refractivity contribution in [2.45, 2.75) is 50.4 Å². The SMILES string of the molecule is C[N+](C)(O)CCNS(=O)(=O)CCCCC(CC(C(F)(F)F)(C(F)(F)F)C(F)(F)F)C(F)(F)F. The summed E-state index contributed by atoms with van der Waals surface area (Å²) in [5.74, 6) is -4.55. The van der Waals surface area contributed by atoms with E-state index in [2.05, 4.69) is 0 Å². The van der Waals surface area contributed by atoms with Gasteiger partial charge in [-0.05, 0) is 19.3 Å². The van der Waals surface area contributed by atoms with Crippen molar-refractivity contribution < 1.29 is 71.0 Å². The highest BCUT2D eigenvalue weighted by atomic mass is 32.2. The molecular formula is C15H23F12N2O3S+. The summed E-state index contributed by atoms with van der Waals surface area (Å²) >= 11 is 0. The van der Waals surface area contributed by atoms with Gasteiger partial charge in [-0.15, -0.1) is 0 Å². The minimum atomic E-state index is -7.13. The normalized spacial score (nSPS) is 16.2. The number of hydroxylamine groups is 3. The molecule has 0 amide bonds. The molecule has 0 spiro atoms. The van der Waals surface area contributed by atoms with Crippen LogP contribution in [0.4, 0.5) is 52.7 Å². The van der Waals surface area contributed by atoms with Crippen molar-refractivity contribution in [3.63, 3.8) is 0 Å². The third-order valence-electron chi connectivity index (χ3n) is 4.66. The number of nitrogens with one attached hydrogen (secondary N) is 1.